The van der Waals surface area contributed by atoms with Gasteiger partial charge in [-0.25, -0.2) is 4.98 Å². The molecule has 15 heavy (non-hydrogen) atoms. The van der Waals surface area contributed by atoms with E-state index >= 15 is 0 Å². The molecule has 1 unspecified atom stereocenters. The molecule has 1 N–H and O–H groups in total. The van der Waals surface area contributed by atoms with Crippen molar-refractivity contribution in [2.45, 2.75) is 25.4 Å². The third kappa shape index (κ3) is 1.79. The van der Waals surface area contributed by atoms with Crippen LogP contribution in [-0.4, -0.2) is 46.7 Å². The second-order valence-electron chi connectivity index (χ2n) is 4.47. The van der Waals surface area contributed by atoms with Crippen molar-refractivity contribution in [2.24, 2.45) is 0 Å². The number of aryl methyl sites for hydroxylation is 1. The van der Waals surface area contributed by atoms with Crippen molar-refractivity contribution in [3.05, 3.63) is 18.2 Å². The summed E-state index contributed by atoms with van der Waals surface area (Å²) in [5.74, 6) is 1.27. The lowest BCUT2D eigenvalue weighted by molar-refractivity contribution is 0.139. The summed E-state index contributed by atoms with van der Waals surface area (Å²) >= 11 is 0. The van der Waals surface area contributed by atoms with Gasteiger partial charge in [-0.2, -0.15) is 0 Å². The molecule has 0 amide bonds. The molecule has 1 atom stereocenters. The Morgan fingerprint density at radius 2 is 2.20 bits per heavy atom. The lowest BCUT2D eigenvalue weighted by atomic mass is 10.0. The normalized spacial score (nSPS) is 27.6. The first-order valence-corrected chi connectivity index (χ1v) is 5.88. The highest BCUT2D eigenvalue weighted by molar-refractivity contribution is 4.98. The number of hydrogen-bond acceptors (Lipinski definition) is 3. The molecule has 0 radical (unpaired) electrons. The molecule has 0 spiro atoms. The number of aromatic nitrogens is 2. The van der Waals surface area contributed by atoms with Crippen LogP contribution in [0, 0.1) is 0 Å². The average Bonchev–Trinajstić information content (AvgIpc) is 2.77. The Hall–Kier alpha value is -0.870. The Bertz CT molecular complexity index is 327. The van der Waals surface area contributed by atoms with Gasteiger partial charge in [0.1, 0.15) is 5.82 Å². The van der Waals surface area contributed by atoms with E-state index in [-0.39, 0.29) is 0 Å². The van der Waals surface area contributed by atoms with Crippen LogP contribution in [0.1, 0.15) is 12.2 Å². The van der Waals surface area contributed by atoms with Crippen LogP contribution < -0.4 is 5.32 Å². The molecule has 82 valence electrons. The first-order chi connectivity index (χ1) is 7.43. The molecule has 1 fully saturated rings. The molecular weight excluding hydrogens is 188 g/mol. The van der Waals surface area contributed by atoms with Gasteiger partial charge in [-0.15, -0.1) is 0 Å². The minimum absolute atomic E-state index is 0.730. The smallest absolute Gasteiger partial charge is 0.108 e. The van der Waals surface area contributed by atoms with Crippen LogP contribution in [0.15, 0.2) is 12.4 Å². The van der Waals surface area contributed by atoms with Gasteiger partial charge in [-0.05, 0) is 6.42 Å². The van der Waals surface area contributed by atoms with Crippen molar-refractivity contribution in [1.29, 1.82) is 0 Å². The molecule has 4 heteroatoms. The molecule has 1 aromatic heterocycles. The van der Waals surface area contributed by atoms with E-state index in [4.69, 9.17) is 0 Å². The summed E-state index contributed by atoms with van der Waals surface area (Å²) < 4.78 is 2.32. The van der Waals surface area contributed by atoms with Gasteiger partial charge >= 0.3 is 0 Å². The van der Waals surface area contributed by atoms with Gasteiger partial charge in [-0.1, -0.05) is 0 Å². The van der Waals surface area contributed by atoms with Gasteiger partial charge in [0.15, 0.2) is 0 Å². The van der Waals surface area contributed by atoms with Gasteiger partial charge in [0, 0.05) is 57.6 Å². The van der Waals surface area contributed by atoms with E-state index in [1.54, 1.807) is 0 Å². The molecule has 0 bridgehead atoms. The van der Waals surface area contributed by atoms with E-state index in [1.165, 1.54) is 25.3 Å². The van der Waals surface area contributed by atoms with E-state index in [0.29, 0.717) is 0 Å². The number of nitrogens with one attached hydrogen (secondary N) is 1. The van der Waals surface area contributed by atoms with Crippen molar-refractivity contribution >= 4 is 0 Å². The highest BCUT2D eigenvalue weighted by atomic mass is 15.2. The molecule has 0 aliphatic carbocycles. The number of hydrogen-bond donors (Lipinski definition) is 1. The molecule has 1 saturated heterocycles. The van der Waals surface area contributed by atoms with E-state index in [1.807, 2.05) is 6.20 Å². The number of fused-ring (bicyclic) bond motifs is 1. The second kappa shape index (κ2) is 3.94. The molecule has 3 heterocycles. The lowest BCUT2D eigenvalue weighted by Gasteiger charge is -2.37. The van der Waals surface area contributed by atoms with Crippen LogP contribution in [0.5, 0.6) is 0 Å². The first-order valence-electron chi connectivity index (χ1n) is 5.88. The zero-order valence-corrected chi connectivity index (χ0v) is 9.02. The Labute approximate surface area is 90.3 Å². The fraction of sp³-hybridized carbons (Fsp3) is 0.727. The predicted octanol–water partition coefficient (Wildman–Crippen LogP) is 0.103. The number of imidazole rings is 1. The zero-order chi connectivity index (χ0) is 10.1. The van der Waals surface area contributed by atoms with E-state index in [0.717, 1.165) is 32.1 Å². The van der Waals surface area contributed by atoms with Gasteiger partial charge < -0.3 is 9.88 Å². The number of nitrogens with zero attached hydrogens (tertiary/aromatic N) is 3. The van der Waals surface area contributed by atoms with Crippen LogP contribution in [0.2, 0.25) is 0 Å². The van der Waals surface area contributed by atoms with Crippen molar-refractivity contribution in [3.63, 3.8) is 0 Å². The monoisotopic (exact) mass is 206 g/mol. The molecule has 3 rings (SSSR count). The van der Waals surface area contributed by atoms with Crippen LogP contribution >= 0.6 is 0 Å². The van der Waals surface area contributed by atoms with E-state index < -0.39 is 0 Å². The number of piperazine rings is 1. The van der Waals surface area contributed by atoms with E-state index in [9.17, 15) is 0 Å². The average molecular weight is 206 g/mol. The maximum atomic E-state index is 4.37. The zero-order valence-electron chi connectivity index (χ0n) is 9.02. The minimum Gasteiger partial charge on any atom is -0.333 e. The molecule has 4 nitrogen and oxygen atoms in total. The third-order valence-electron chi connectivity index (χ3n) is 3.58. The SMILES string of the molecule is c1cn2c(n1)CCC(N1CCNCC1)C2. The van der Waals surface area contributed by atoms with Gasteiger partial charge in [-0.3, -0.25) is 4.90 Å². The van der Waals surface area contributed by atoms with Crippen LogP contribution in [0.25, 0.3) is 0 Å². The second-order valence-corrected chi connectivity index (χ2v) is 4.47. The van der Waals surface area contributed by atoms with Crippen molar-refractivity contribution in [3.8, 4) is 0 Å². The Morgan fingerprint density at radius 3 is 3.07 bits per heavy atom. The molecule has 2 aliphatic heterocycles. The summed E-state index contributed by atoms with van der Waals surface area (Å²) in [6, 6.07) is 0.730. The maximum Gasteiger partial charge on any atom is 0.108 e. The molecule has 0 aromatic carbocycles. The molecule has 2 aliphatic rings. The summed E-state index contributed by atoms with van der Waals surface area (Å²) in [6.07, 6.45) is 6.46. The maximum absolute atomic E-state index is 4.37. The predicted molar refractivity (Wildman–Crippen MR) is 58.8 cm³/mol. The fourth-order valence-corrected chi connectivity index (χ4v) is 2.69. The Morgan fingerprint density at radius 1 is 1.33 bits per heavy atom. The Kier molecular flexibility index (Phi) is 2.46. The summed E-state index contributed by atoms with van der Waals surface area (Å²) in [5.41, 5.74) is 0. The summed E-state index contributed by atoms with van der Waals surface area (Å²) in [4.78, 5) is 6.99. The van der Waals surface area contributed by atoms with E-state index in [2.05, 4.69) is 26.0 Å². The molecular formula is C11H18N4. The van der Waals surface area contributed by atoms with Crippen molar-refractivity contribution < 1.29 is 0 Å². The van der Waals surface area contributed by atoms with Gasteiger partial charge in [0.25, 0.3) is 0 Å². The van der Waals surface area contributed by atoms with Gasteiger partial charge in [0.2, 0.25) is 0 Å². The van der Waals surface area contributed by atoms with Crippen LogP contribution in [-0.2, 0) is 13.0 Å². The molecule has 1 aromatic rings. The fourth-order valence-electron chi connectivity index (χ4n) is 2.69. The summed E-state index contributed by atoms with van der Waals surface area (Å²) in [5, 5.41) is 3.41. The largest absolute Gasteiger partial charge is 0.333 e. The van der Waals surface area contributed by atoms with Gasteiger partial charge in [0.05, 0.1) is 0 Å². The standard InChI is InChI=1S/C11H18N4/c1-2-11-13-5-8-15(11)9-10(1)14-6-3-12-4-7-14/h5,8,10,12H,1-4,6-7,9H2. The molecule has 0 saturated carbocycles. The van der Waals surface area contributed by atoms with Crippen LogP contribution in [0.4, 0.5) is 0 Å². The Balaban J connectivity index is 1.69. The lowest BCUT2D eigenvalue weighted by Crippen LogP contribution is -2.50. The van der Waals surface area contributed by atoms with Crippen molar-refractivity contribution in [2.75, 3.05) is 26.2 Å². The summed E-state index contributed by atoms with van der Waals surface area (Å²) in [6.45, 7) is 5.83. The first kappa shape index (κ1) is 9.36. The quantitative estimate of drug-likeness (QED) is 0.707. The topological polar surface area (TPSA) is 33.1 Å². The third-order valence-corrected chi connectivity index (χ3v) is 3.58. The highest BCUT2D eigenvalue weighted by Gasteiger charge is 2.25. The minimum atomic E-state index is 0.730. The highest BCUT2D eigenvalue weighted by Crippen LogP contribution is 2.18. The number of rotatable bonds is 1. The van der Waals surface area contributed by atoms with Crippen LogP contribution in [0.3, 0.4) is 0 Å². The van der Waals surface area contributed by atoms with Crippen molar-refractivity contribution in [1.82, 2.24) is 19.8 Å². The summed E-state index contributed by atoms with van der Waals surface area (Å²) in [7, 11) is 0.